The van der Waals surface area contributed by atoms with Crippen molar-refractivity contribution < 1.29 is 17.2 Å². The minimum atomic E-state index is -4.46. The Bertz CT molecular complexity index is 767. The summed E-state index contributed by atoms with van der Waals surface area (Å²) in [5, 5.41) is 0. The van der Waals surface area contributed by atoms with E-state index in [1.165, 1.54) is 30.4 Å². The van der Waals surface area contributed by atoms with Gasteiger partial charge in [0.15, 0.2) is 0 Å². The molecule has 124 valence electrons. The SMILES string of the molecule is C[C@@]12C=CCC1C1CCc3cc(OS(=O)(=O)O)ccc3C1CC2. The van der Waals surface area contributed by atoms with Crippen molar-refractivity contribution in [2.75, 3.05) is 0 Å². The van der Waals surface area contributed by atoms with Gasteiger partial charge in [-0.15, -0.1) is 0 Å². The molecular formula is C18H22O4S. The van der Waals surface area contributed by atoms with Crippen molar-refractivity contribution >= 4 is 10.4 Å². The van der Waals surface area contributed by atoms with Crippen LogP contribution < -0.4 is 4.18 Å². The highest BCUT2D eigenvalue weighted by atomic mass is 32.3. The molecule has 1 aromatic carbocycles. The molecule has 0 saturated heterocycles. The fourth-order valence-corrected chi connectivity index (χ4v) is 5.56. The largest absolute Gasteiger partial charge is 0.446 e. The van der Waals surface area contributed by atoms with E-state index in [2.05, 4.69) is 23.3 Å². The topological polar surface area (TPSA) is 63.6 Å². The van der Waals surface area contributed by atoms with Crippen molar-refractivity contribution in [3.05, 3.63) is 41.5 Å². The van der Waals surface area contributed by atoms with Gasteiger partial charge in [-0.05, 0) is 78.5 Å². The molecule has 3 aliphatic rings. The molecule has 0 amide bonds. The third-order valence-corrected chi connectivity index (χ3v) is 6.63. The molecule has 0 spiro atoms. The van der Waals surface area contributed by atoms with E-state index in [1.807, 2.05) is 6.07 Å². The minimum Gasteiger partial charge on any atom is -0.362 e. The lowest BCUT2D eigenvalue weighted by Crippen LogP contribution is -2.39. The summed E-state index contributed by atoms with van der Waals surface area (Å²) in [7, 11) is -4.46. The molecule has 0 bridgehead atoms. The maximum absolute atomic E-state index is 10.9. The summed E-state index contributed by atoms with van der Waals surface area (Å²) in [6.07, 6.45) is 10.5. The second kappa shape index (κ2) is 5.08. The summed E-state index contributed by atoms with van der Waals surface area (Å²) in [4.78, 5) is 0. The van der Waals surface area contributed by atoms with Crippen LogP contribution >= 0.6 is 0 Å². The smallest absolute Gasteiger partial charge is 0.362 e. The number of fused-ring (bicyclic) bond motifs is 5. The Morgan fingerprint density at radius 1 is 1.30 bits per heavy atom. The van der Waals surface area contributed by atoms with Crippen molar-refractivity contribution in [3.63, 3.8) is 0 Å². The molecule has 23 heavy (non-hydrogen) atoms. The fourth-order valence-electron chi connectivity index (χ4n) is 5.21. The first-order valence-corrected chi connectivity index (χ1v) is 9.70. The van der Waals surface area contributed by atoms with Crippen molar-refractivity contribution in [2.45, 2.75) is 44.9 Å². The average molecular weight is 334 g/mol. The number of hydrogen-bond acceptors (Lipinski definition) is 3. The zero-order valence-electron chi connectivity index (χ0n) is 13.2. The first-order valence-electron chi connectivity index (χ1n) is 8.33. The van der Waals surface area contributed by atoms with E-state index in [-0.39, 0.29) is 5.75 Å². The Kier molecular flexibility index (Phi) is 3.36. The second-order valence-corrected chi connectivity index (χ2v) is 8.49. The van der Waals surface area contributed by atoms with E-state index in [1.54, 1.807) is 12.1 Å². The quantitative estimate of drug-likeness (QED) is 0.658. The predicted octanol–water partition coefficient (Wildman–Crippen LogP) is 3.89. The van der Waals surface area contributed by atoms with Crippen molar-refractivity contribution in [3.8, 4) is 5.75 Å². The third kappa shape index (κ3) is 2.60. The molecule has 0 aliphatic heterocycles. The van der Waals surface area contributed by atoms with Gasteiger partial charge in [-0.25, -0.2) is 0 Å². The van der Waals surface area contributed by atoms with Crippen LogP contribution in [0.15, 0.2) is 30.4 Å². The molecule has 4 rings (SSSR count). The molecule has 0 heterocycles. The van der Waals surface area contributed by atoms with Gasteiger partial charge in [-0.2, -0.15) is 8.42 Å². The van der Waals surface area contributed by atoms with Crippen LogP contribution in [-0.4, -0.2) is 13.0 Å². The minimum absolute atomic E-state index is 0.202. The first kappa shape index (κ1) is 15.2. The summed E-state index contributed by atoms with van der Waals surface area (Å²) >= 11 is 0. The lowest BCUT2D eigenvalue weighted by atomic mass is 9.56. The van der Waals surface area contributed by atoms with E-state index in [9.17, 15) is 8.42 Å². The van der Waals surface area contributed by atoms with Gasteiger partial charge in [0.1, 0.15) is 5.75 Å². The summed E-state index contributed by atoms with van der Waals surface area (Å²) in [5.74, 6) is 2.22. The maximum Gasteiger partial charge on any atom is 0.446 e. The Balaban J connectivity index is 1.64. The predicted molar refractivity (Wildman–Crippen MR) is 87.8 cm³/mol. The lowest BCUT2D eigenvalue weighted by Gasteiger charge is -2.49. The molecule has 1 aromatic rings. The summed E-state index contributed by atoms with van der Waals surface area (Å²) in [6, 6.07) is 5.44. The highest BCUT2D eigenvalue weighted by molar-refractivity contribution is 7.81. The first-order chi connectivity index (χ1) is 10.9. The van der Waals surface area contributed by atoms with Gasteiger partial charge in [-0.1, -0.05) is 25.1 Å². The molecule has 3 unspecified atom stereocenters. The molecule has 1 saturated carbocycles. The lowest BCUT2D eigenvalue weighted by molar-refractivity contribution is 0.0826. The monoisotopic (exact) mass is 334 g/mol. The van der Waals surface area contributed by atoms with E-state index >= 15 is 0 Å². The summed E-state index contributed by atoms with van der Waals surface area (Å²) in [5.41, 5.74) is 2.88. The molecule has 1 fully saturated rings. The molecule has 1 N–H and O–H groups in total. The number of aryl methyl sites for hydroxylation is 1. The van der Waals surface area contributed by atoms with Crippen LogP contribution in [0.3, 0.4) is 0 Å². The van der Waals surface area contributed by atoms with Crippen LogP contribution in [-0.2, 0) is 16.8 Å². The van der Waals surface area contributed by atoms with Gasteiger partial charge in [0, 0.05) is 0 Å². The highest BCUT2D eigenvalue weighted by Gasteiger charge is 2.48. The van der Waals surface area contributed by atoms with Crippen LogP contribution in [0.4, 0.5) is 0 Å². The van der Waals surface area contributed by atoms with Crippen LogP contribution in [0.5, 0.6) is 5.75 Å². The Morgan fingerprint density at radius 3 is 2.91 bits per heavy atom. The normalized spacial score (nSPS) is 35.3. The van der Waals surface area contributed by atoms with Crippen LogP contribution in [0.1, 0.15) is 49.7 Å². The highest BCUT2D eigenvalue weighted by Crippen LogP contribution is 2.58. The zero-order chi connectivity index (χ0) is 16.2. The average Bonchev–Trinajstić information content (AvgIpc) is 2.86. The zero-order valence-corrected chi connectivity index (χ0v) is 14.1. The van der Waals surface area contributed by atoms with Gasteiger partial charge < -0.3 is 4.18 Å². The van der Waals surface area contributed by atoms with Crippen LogP contribution in [0, 0.1) is 17.3 Å². The van der Waals surface area contributed by atoms with Gasteiger partial charge >= 0.3 is 10.4 Å². The van der Waals surface area contributed by atoms with Crippen molar-refractivity contribution in [1.82, 2.24) is 0 Å². The molecule has 4 nitrogen and oxygen atoms in total. The number of hydrogen-bond donors (Lipinski definition) is 1. The Labute approximate surface area is 137 Å². The second-order valence-electron chi connectivity index (χ2n) is 7.47. The van der Waals surface area contributed by atoms with E-state index in [0.29, 0.717) is 17.3 Å². The Hall–Kier alpha value is -1.33. The van der Waals surface area contributed by atoms with E-state index in [4.69, 9.17) is 4.55 Å². The molecule has 0 radical (unpaired) electrons. The van der Waals surface area contributed by atoms with Gasteiger partial charge in [-0.3, -0.25) is 4.55 Å². The third-order valence-electron chi connectivity index (χ3n) is 6.23. The molecule has 0 aromatic heterocycles. The molecular weight excluding hydrogens is 312 g/mol. The molecule has 5 heteroatoms. The van der Waals surface area contributed by atoms with Gasteiger partial charge in [0.05, 0.1) is 0 Å². The molecule has 3 aliphatic carbocycles. The van der Waals surface area contributed by atoms with Crippen LogP contribution in [0.2, 0.25) is 0 Å². The number of rotatable bonds is 2. The van der Waals surface area contributed by atoms with E-state index < -0.39 is 10.4 Å². The van der Waals surface area contributed by atoms with Gasteiger partial charge in [0.2, 0.25) is 0 Å². The maximum atomic E-state index is 10.9. The standard InChI is InChI=1S/C18H22O4S/c1-18-9-2-3-17(18)16-6-4-12-11-13(22-23(19,20)21)5-7-14(12)15(16)8-10-18/h2,5,7,9,11,15-17H,3-4,6,8,10H2,1H3,(H,19,20,21)/t15?,16?,17?,18-/m0/s1. The van der Waals surface area contributed by atoms with Crippen molar-refractivity contribution in [1.29, 1.82) is 0 Å². The Morgan fingerprint density at radius 2 is 2.13 bits per heavy atom. The van der Waals surface area contributed by atoms with E-state index in [0.717, 1.165) is 18.8 Å². The van der Waals surface area contributed by atoms with Crippen molar-refractivity contribution in [2.24, 2.45) is 17.3 Å². The summed E-state index contributed by atoms with van der Waals surface area (Å²) in [6.45, 7) is 2.40. The summed E-state index contributed by atoms with van der Waals surface area (Å²) < 4.78 is 35.2. The molecule has 4 atom stereocenters. The van der Waals surface area contributed by atoms with Gasteiger partial charge in [0.25, 0.3) is 0 Å². The number of benzene rings is 1. The fraction of sp³-hybridized carbons (Fsp3) is 0.556. The van der Waals surface area contributed by atoms with Crippen LogP contribution in [0.25, 0.3) is 0 Å². The number of allylic oxidation sites excluding steroid dienone is 2.